The Balaban J connectivity index is 1.24. The van der Waals surface area contributed by atoms with E-state index in [2.05, 4.69) is 170 Å². The lowest BCUT2D eigenvalue weighted by atomic mass is 9.68. The molecule has 8 aromatic carbocycles. The highest BCUT2D eigenvalue weighted by Gasteiger charge is 2.45. The molecule has 0 N–H and O–H groups in total. The van der Waals surface area contributed by atoms with Crippen molar-refractivity contribution >= 4 is 70.8 Å². The zero-order chi connectivity index (χ0) is 33.7. The predicted molar refractivity (Wildman–Crippen MR) is 220 cm³/mol. The Labute approximate surface area is 300 Å². The fourth-order valence-electron chi connectivity index (χ4n) is 9.35. The van der Waals surface area contributed by atoms with Gasteiger partial charge in [-0.25, -0.2) is 0 Å². The summed E-state index contributed by atoms with van der Waals surface area (Å²) in [4.78, 5) is 0. The number of rotatable bonds is 1. The number of fused-ring (bicyclic) bond motifs is 16. The molecule has 0 fully saturated rings. The molecule has 0 saturated heterocycles. The van der Waals surface area contributed by atoms with Crippen LogP contribution >= 0.6 is 11.3 Å². The van der Waals surface area contributed by atoms with Crippen LogP contribution in [0.1, 0.15) is 28.7 Å². The standard InChI is InChI=1S/C50H32S/c1-31-29-43-35-14-2-3-15-36(35)44-30-32(34-19-12-20-42-41-18-7-11-24-48(41)51-49(34)42)25-26-37(44)38(43)27-28-50(45-21-8-4-13-33(31)45)46-22-9-5-16-39(46)40-17-6-10-23-47(40)50/h2-27,29-30H,1,28H2/b38-27-,43-29-. The van der Waals surface area contributed by atoms with Gasteiger partial charge in [0.05, 0.1) is 5.41 Å². The van der Waals surface area contributed by atoms with Crippen molar-refractivity contribution in [3.05, 3.63) is 197 Å². The lowest BCUT2D eigenvalue weighted by molar-refractivity contribution is 0.660. The fourth-order valence-corrected chi connectivity index (χ4v) is 10.6. The van der Waals surface area contributed by atoms with Crippen LogP contribution in [0.5, 0.6) is 0 Å². The maximum absolute atomic E-state index is 4.78. The Morgan fingerprint density at radius 3 is 1.78 bits per heavy atom. The van der Waals surface area contributed by atoms with E-state index < -0.39 is 0 Å². The van der Waals surface area contributed by atoms with Crippen molar-refractivity contribution in [3.8, 4) is 22.3 Å². The topological polar surface area (TPSA) is 0 Å². The molecule has 9 aromatic rings. The summed E-state index contributed by atoms with van der Waals surface area (Å²) in [5.74, 6) is 0. The summed E-state index contributed by atoms with van der Waals surface area (Å²) in [5.41, 5.74) is 11.2. The zero-order valence-electron chi connectivity index (χ0n) is 28.0. The van der Waals surface area contributed by atoms with E-state index in [1.807, 2.05) is 11.3 Å². The third-order valence-corrected chi connectivity index (χ3v) is 12.8. The summed E-state index contributed by atoms with van der Waals surface area (Å²) in [6, 6.07) is 58.7. The summed E-state index contributed by atoms with van der Waals surface area (Å²) >= 11 is 1.90. The smallest absolute Gasteiger partial charge is 0.0504 e. The highest BCUT2D eigenvalue weighted by atomic mass is 32.1. The number of hydrogen-bond donors (Lipinski definition) is 0. The minimum Gasteiger partial charge on any atom is -0.135 e. The van der Waals surface area contributed by atoms with Crippen LogP contribution in [0, 0.1) is 0 Å². The van der Waals surface area contributed by atoms with Crippen LogP contribution in [-0.2, 0) is 5.41 Å². The Morgan fingerprint density at radius 2 is 1.02 bits per heavy atom. The van der Waals surface area contributed by atoms with Crippen LogP contribution in [0.15, 0.2) is 164 Å². The summed E-state index contributed by atoms with van der Waals surface area (Å²) in [7, 11) is 0. The first-order valence-corrected chi connectivity index (χ1v) is 18.6. The molecule has 1 aromatic heterocycles. The summed E-state index contributed by atoms with van der Waals surface area (Å²) in [6.07, 6.45) is 5.73. The Morgan fingerprint density at radius 1 is 0.451 bits per heavy atom. The monoisotopic (exact) mass is 664 g/mol. The molecular weight excluding hydrogens is 633 g/mol. The minimum atomic E-state index is -0.350. The van der Waals surface area contributed by atoms with E-state index in [9.17, 15) is 0 Å². The van der Waals surface area contributed by atoms with E-state index in [1.165, 1.54) is 96.7 Å². The fraction of sp³-hybridized carbons (Fsp3) is 0.0400. The summed E-state index contributed by atoms with van der Waals surface area (Å²) in [5, 5.41) is 10.3. The molecule has 0 saturated carbocycles. The van der Waals surface area contributed by atoms with Gasteiger partial charge in [0.25, 0.3) is 0 Å². The molecule has 0 bridgehead atoms. The second-order valence-electron chi connectivity index (χ2n) is 14.0. The van der Waals surface area contributed by atoms with Gasteiger partial charge in [0.1, 0.15) is 0 Å². The molecule has 2 aliphatic rings. The van der Waals surface area contributed by atoms with Gasteiger partial charge in [-0.2, -0.15) is 0 Å². The van der Waals surface area contributed by atoms with Crippen molar-refractivity contribution in [2.45, 2.75) is 11.8 Å². The molecule has 238 valence electrons. The molecule has 0 aliphatic heterocycles. The Bertz CT molecular complexity index is 3040. The summed E-state index contributed by atoms with van der Waals surface area (Å²) in [6.45, 7) is 4.78. The predicted octanol–water partition coefficient (Wildman–Crippen LogP) is 12.0. The van der Waals surface area contributed by atoms with E-state index in [0.29, 0.717) is 0 Å². The molecule has 2 aliphatic carbocycles. The molecule has 0 atom stereocenters. The Kier molecular flexibility index (Phi) is 6.06. The summed E-state index contributed by atoms with van der Waals surface area (Å²) < 4.78 is 2.68. The number of allylic oxidation sites excluding steroid dienone is 1. The molecule has 1 heterocycles. The van der Waals surface area contributed by atoms with Gasteiger partial charge in [0.15, 0.2) is 0 Å². The molecule has 11 rings (SSSR count). The zero-order valence-corrected chi connectivity index (χ0v) is 28.8. The first-order chi connectivity index (χ1) is 25.2. The van der Waals surface area contributed by atoms with Crippen molar-refractivity contribution in [1.82, 2.24) is 0 Å². The minimum absolute atomic E-state index is 0.350. The van der Waals surface area contributed by atoms with Gasteiger partial charge in [-0.15, -0.1) is 11.3 Å². The second-order valence-corrected chi connectivity index (χ2v) is 15.1. The van der Waals surface area contributed by atoms with Crippen LogP contribution in [0.25, 0.3) is 81.7 Å². The van der Waals surface area contributed by atoms with E-state index in [1.54, 1.807) is 0 Å². The molecule has 1 heteroatoms. The van der Waals surface area contributed by atoms with Gasteiger partial charge in [0, 0.05) is 20.2 Å². The molecule has 51 heavy (non-hydrogen) atoms. The van der Waals surface area contributed by atoms with E-state index in [-0.39, 0.29) is 5.41 Å². The molecule has 0 amide bonds. The van der Waals surface area contributed by atoms with Crippen molar-refractivity contribution in [1.29, 1.82) is 0 Å². The van der Waals surface area contributed by atoms with Gasteiger partial charge in [-0.1, -0.05) is 158 Å². The molecular formula is C50H32S. The van der Waals surface area contributed by atoms with Crippen LogP contribution in [-0.4, -0.2) is 0 Å². The molecule has 0 nitrogen and oxygen atoms in total. The van der Waals surface area contributed by atoms with Crippen LogP contribution in [0.3, 0.4) is 0 Å². The highest BCUT2D eigenvalue weighted by molar-refractivity contribution is 7.26. The highest BCUT2D eigenvalue weighted by Crippen LogP contribution is 2.56. The first kappa shape index (κ1) is 28.8. The van der Waals surface area contributed by atoms with E-state index >= 15 is 0 Å². The van der Waals surface area contributed by atoms with Crippen LogP contribution in [0.4, 0.5) is 0 Å². The second kappa shape index (κ2) is 10.7. The lowest BCUT2D eigenvalue weighted by Crippen LogP contribution is -2.30. The molecule has 1 spiro atoms. The van der Waals surface area contributed by atoms with Crippen molar-refractivity contribution in [2.75, 3.05) is 0 Å². The average molecular weight is 665 g/mol. The number of benzene rings is 8. The molecule has 0 radical (unpaired) electrons. The first-order valence-electron chi connectivity index (χ1n) is 17.8. The lowest BCUT2D eigenvalue weighted by Gasteiger charge is -2.34. The number of hydrogen-bond acceptors (Lipinski definition) is 1. The number of thiophene rings is 1. The van der Waals surface area contributed by atoms with Crippen molar-refractivity contribution in [2.24, 2.45) is 0 Å². The largest absolute Gasteiger partial charge is 0.135 e. The Hall–Kier alpha value is -6.02. The van der Waals surface area contributed by atoms with Gasteiger partial charge >= 0.3 is 0 Å². The van der Waals surface area contributed by atoms with Crippen LogP contribution in [0.2, 0.25) is 0 Å². The molecule has 0 unspecified atom stereocenters. The quantitative estimate of drug-likeness (QED) is 0.153. The third kappa shape index (κ3) is 3.96. The van der Waals surface area contributed by atoms with Gasteiger partial charge in [0.2, 0.25) is 0 Å². The maximum atomic E-state index is 4.78. The third-order valence-electron chi connectivity index (χ3n) is 11.6. The van der Waals surface area contributed by atoms with Crippen molar-refractivity contribution in [3.63, 3.8) is 0 Å². The van der Waals surface area contributed by atoms with Crippen LogP contribution < -0.4 is 10.4 Å². The maximum Gasteiger partial charge on any atom is 0.0504 e. The van der Waals surface area contributed by atoms with Gasteiger partial charge in [-0.05, 0) is 107 Å². The van der Waals surface area contributed by atoms with Gasteiger partial charge in [-0.3, -0.25) is 0 Å². The normalized spacial score (nSPS) is 15.6. The van der Waals surface area contributed by atoms with E-state index in [4.69, 9.17) is 6.58 Å². The van der Waals surface area contributed by atoms with E-state index in [0.717, 1.165) is 12.0 Å². The SMILES string of the molecule is C=C1/C=c2\c(c3ccc(-c4cccc5c4sc4ccccc45)cc3c3ccccc23)=C/CC2(c3ccccc31)c1ccccc1-c1ccccc12. The van der Waals surface area contributed by atoms with Gasteiger partial charge < -0.3 is 0 Å². The van der Waals surface area contributed by atoms with Crippen molar-refractivity contribution < 1.29 is 0 Å². The average Bonchev–Trinajstić information content (AvgIpc) is 3.72.